The van der Waals surface area contributed by atoms with E-state index in [1.165, 1.54) is 0 Å². The van der Waals surface area contributed by atoms with Gasteiger partial charge in [-0.3, -0.25) is 4.79 Å². The molecule has 5 nitrogen and oxygen atoms in total. The first-order valence-corrected chi connectivity index (χ1v) is 8.16. The molecule has 3 rings (SSSR count). The van der Waals surface area contributed by atoms with Gasteiger partial charge in [0.2, 0.25) is 0 Å². The molecule has 1 aliphatic heterocycles. The first-order chi connectivity index (χ1) is 11.4. The Morgan fingerprint density at radius 2 is 2.12 bits per heavy atom. The number of carbonyl (C=O) groups excluding carboxylic acids is 1. The van der Waals surface area contributed by atoms with Crippen LogP contribution in [0.1, 0.15) is 25.7 Å². The van der Waals surface area contributed by atoms with E-state index in [9.17, 15) is 18.7 Å². The summed E-state index contributed by atoms with van der Waals surface area (Å²) in [6.45, 7) is 1.07. The highest BCUT2D eigenvalue weighted by Crippen LogP contribution is 2.44. The molecule has 1 heterocycles. The maximum atomic E-state index is 14.1. The van der Waals surface area contributed by atoms with Crippen molar-refractivity contribution in [1.82, 2.24) is 5.32 Å². The molecule has 1 saturated carbocycles. The Hall–Kier alpha value is -1.89. The molecule has 24 heavy (non-hydrogen) atoms. The molecule has 1 amide bonds. The average Bonchev–Trinajstić information content (AvgIpc) is 3.00. The lowest BCUT2D eigenvalue weighted by molar-refractivity contribution is -0.216. The van der Waals surface area contributed by atoms with Crippen LogP contribution in [0.15, 0.2) is 24.3 Å². The lowest BCUT2D eigenvalue weighted by Gasteiger charge is -2.41. The van der Waals surface area contributed by atoms with Crippen molar-refractivity contribution in [1.29, 1.82) is 0 Å². The number of carbonyl (C=O) groups is 1. The minimum atomic E-state index is -3.75. The number of nitrogens with zero attached hydrogens (tertiary/aromatic N) is 1. The number of ether oxygens (including phenoxy) is 1. The van der Waals surface area contributed by atoms with Crippen LogP contribution in [0.5, 0.6) is 5.75 Å². The zero-order valence-corrected chi connectivity index (χ0v) is 13.6. The predicted molar refractivity (Wildman–Crippen MR) is 85.5 cm³/mol. The van der Waals surface area contributed by atoms with Gasteiger partial charge in [-0.2, -0.15) is 8.78 Å². The number of methoxy groups -OCH3 is 1. The van der Waals surface area contributed by atoms with Crippen molar-refractivity contribution >= 4 is 11.6 Å². The highest BCUT2D eigenvalue weighted by Gasteiger charge is 2.61. The Kier molecular flexibility index (Phi) is 4.38. The second-order valence-corrected chi connectivity index (χ2v) is 6.54. The molecule has 132 valence electrons. The lowest BCUT2D eigenvalue weighted by atomic mass is 9.75. The number of amides is 1. The summed E-state index contributed by atoms with van der Waals surface area (Å²) >= 11 is 0. The number of benzene rings is 1. The number of rotatable bonds is 5. The van der Waals surface area contributed by atoms with Gasteiger partial charge in [0.05, 0.1) is 12.8 Å². The molecule has 2 N–H and O–H groups in total. The van der Waals surface area contributed by atoms with Crippen LogP contribution >= 0.6 is 0 Å². The second-order valence-electron chi connectivity index (χ2n) is 6.54. The molecular formula is C17H22F2N2O3. The minimum absolute atomic E-state index is 0.0363. The third-order valence-corrected chi connectivity index (χ3v) is 5.00. The van der Waals surface area contributed by atoms with E-state index in [0.717, 1.165) is 5.69 Å². The van der Waals surface area contributed by atoms with Crippen LogP contribution in [0.3, 0.4) is 0 Å². The van der Waals surface area contributed by atoms with Crippen LogP contribution in [0.2, 0.25) is 0 Å². The van der Waals surface area contributed by atoms with Crippen molar-refractivity contribution in [3.8, 4) is 5.75 Å². The highest BCUT2D eigenvalue weighted by atomic mass is 19.3. The SMILES string of the molecule is COc1ccccc1N1CCC(NC(=O)C(F)(F)C2(O)CCC2)C1. The van der Waals surface area contributed by atoms with Gasteiger partial charge in [-0.1, -0.05) is 12.1 Å². The molecule has 1 unspecified atom stereocenters. The lowest BCUT2D eigenvalue weighted by Crippen LogP contribution is -2.61. The fourth-order valence-corrected chi connectivity index (χ4v) is 3.30. The quantitative estimate of drug-likeness (QED) is 0.860. The molecule has 1 saturated heterocycles. The molecule has 0 spiro atoms. The van der Waals surface area contributed by atoms with Crippen molar-refractivity contribution in [2.45, 2.75) is 43.2 Å². The Bertz CT molecular complexity index is 620. The zero-order valence-electron chi connectivity index (χ0n) is 13.6. The summed E-state index contributed by atoms with van der Waals surface area (Å²) in [4.78, 5) is 14.0. The summed E-state index contributed by atoms with van der Waals surface area (Å²) < 4.78 is 33.6. The summed E-state index contributed by atoms with van der Waals surface area (Å²) in [5, 5.41) is 12.2. The summed E-state index contributed by atoms with van der Waals surface area (Å²) in [6.07, 6.45) is 1.01. The van der Waals surface area contributed by atoms with Crippen molar-refractivity contribution in [3.05, 3.63) is 24.3 Å². The summed E-state index contributed by atoms with van der Waals surface area (Å²) in [5.41, 5.74) is -1.31. The number of alkyl halides is 2. The van der Waals surface area contributed by atoms with Gasteiger partial charge >= 0.3 is 5.92 Å². The molecular weight excluding hydrogens is 318 g/mol. The van der Waals surface area contributed by atoms with E-state index in [0.29, 0.717) is 31.7 Å². The number of aliphatic hydroxyl groups is 1. The molecule has 1 atom stereocenters. The minimum Gasteiger partial charge on any atom is -0.495 e. The smallest absolute Gasteiger partial charge is 0.352 e. The number of hydrogen-bond donors (Lipinski definition) is 2. The second kappa shape index (κ2) is 6.20. The third kappa shape index (κ3) is 2.81. The maximum absolute atomic E-state index is 14.1. The van der Waals surface area contributed by atoms with Crippen LogP contribution in [0, 0.1) is 0 Å². The molecule has 1 aromatic carbocycles. The number of halogens is 2. The van der Waals surface area contributed by atoms with Gasteiger partial charge in [0.25, 0.3) is 5.91 Å². The standard InChI is InChI=1S/C17H22F2N2O3/c1-24-14-6-3-2-5-13(14)21-10-7-12(11-21)20-15(22)17(18,19)16(23)8-4-9-16/h2-3,5-6,12,23H,4,7-11H2,1H3,(H,20,22). The number of hydrogen-bond acceptors (Lipinski definition) is 4. The van der Waals surface area contributed by atoms with Gasteiger partial charge in [-0.25, -0.2) is 0 Å². The van der Waals surface area contributed by atoms with E-state index in [1.807, 2.05) is 29.2 Å². The summed E-state index contributed by atoms with van der Waals surface area (Å²) in [6, 6.07) is 7.09. The van der Waals surface area contributed by atoms with Gasteiger partial charge in [0, 0.05) is 19.1 Å². The van der Waals surface area contributed by atoms with Gasteiger partial charge in [0.1, 0.15) is 11.4 Å². The van der Waals surface area contributed by atoms with Crippen molar-refractivity contribution < 1.29 is 23.4 Å². The number of nitrogens with one attached hydrogen (secondary N) is 1. The van der Waals surface area contributed by atoms with E-state index < -0.39 is 17.4 Å². The molecule has 1 aliphatic carbocycles. The Labute approximate surface area is 139 Å². The van der Waals surface area contributed by atoms with Crippen molar-refractivity contribution in [2.75, 3.05) is 25.1 Å². The van der Waals surface area contributed by atoms with E-state index in [1.54, 1.807) is 7.11 Å². The Morgan fingerprint density at radius 3 is 2.75 bits per heavy atom. The van der Waals surface area contributed by atoms with Crippen LogP contribution < -0.4 is 15.0 Å². The predicted octanol–water partition coefficient (Wildman–Crippen LogP) is 1.94. The van der Waals surface area contributed by atoms with E-state index in [-0.39, 0.29) is 18.9 Å². The summed E-state index contributed by atoms with van der Waals surface area (Å²) in [7, 11) is 1.58. The molecule has 0 aromatic heterocycles. The fraction of sp³-hybridized carbons (Fsp3) is 0.588. The van der Waals surface area contributed by atoms with Gasteiger partial charge in [-0.05, 0) is 37.8 Å². The fourth-order valence-electron chi connectivity index (χ4n) is 3.30. The first kappa shape index (κ1) is 17.0. The van der Waals surface area contributed by atoms with E-state index in [4.69, 9.17) is 4.74 Å². The molecule has 0 bridgehead atoms. The monoisotopic (exact) mass is 340 g/mol. The molecule has 7 heteroatoms. The van der Waals surface area contributed by atoms with Crippen LogP contribution in [0.25, 0.3) is 0 Å². The summed E-state index contributed by atoms with van der Waals surface area (Å²) in [5.74, 6) is -4.42. The highest BCUT2D eigenvalue weighted by molar-refractivity contribution is 5.85. The first-order valence-electron chi connectivity index (χ1n) is 8.16. The largest absolute Gasteiger partial charge is 0.495 e. The zero-order chi connectivity index (χ0) is 17.4. The van der Waals surface area contributed by atoms with Crippen molar-refractivity contribution in [2.24, 2.45) is 0 Å². The molecule has 0 radical (unpaired) electrons. The topological polar surface area (TPSA) is 61.8 Å². The molecule has 1 aromatic rings. The maximum Gasteiger partial charge on any atom is 0.352 e. The molecule has 2 fully saturated rings. The van der Waals surface area contributed by atoms with Crippen LogP contribution in [-0.4, -0.2) is 48.8 Å². The third-order valence-electron chi connectivity index (χ3n) is 5.00. The number of anilines is 1. The molecule has 2 aliphatic rings. The van der Waals surface area contributed by atoms with Crippen LogP contribution in [-0.2, 0) is 4.79 Å². The Morgan fingerprint density at radius 1 is 1.42 bits per heavy atom. The number of para-hydroxylation sites is 2. The van der Waals surface area contributed by atoms with Crippen LogP contribution in [0.4, 0.5) is 14.5 Å². The Balaban J connectivity index is 1.63. The van der Waals surface area contributed by atoms with Gasteiger partial charge in [-0.15, -0.1) is 0 Å². The van der Waals surface area contributed by atoms with Gasteiger partial charge in [0.15, 0.2) is 0 Å². The average molecular weight is 340 g/mol. The van der Waals surface area contributed by atoms with Gasteiger partial charge < -0.3 is 20.1 Å². The van der Waals surface area contributed by atoms with E-state index >= 15 is 0 Å². The van der Waals surface area contributed by atoms with E-state index in [2.05, 4.69) is 5.32 Å². The van der Waals surface area contributed by atoms with Crippen molar-refractivity contribution in [3.63, 3.8) is 0 Å². The normalized spacial score (nSPS) is 22.8.